The molecule has 1 unspecified atom stereocenters. The first kappa shape index (κ1) is 23.4. The van der Waals surface area contributed by atoms with Crippen molar-refractivity contribution in [1.29, 1.82) is 0 Å². The van der Waals surface area contributed by atoms with Gasteiger partial charge in [0.2, 0.25) is 0 Å². The number of Topliss-reactive ketones (excluding diaryl/α,β-unsaturated/α-hetero) is 1. The first-order chi connectivity index (χ1) is 17.2. The van der Waals surface area contributed by atoms with E-state index in [0.29, 0.717) is 17.0 Å². The molecule has 2 heterocycles. The Bertz CT molecular complexity index is 1580. The smallest absolute Gasteiger partial charge is 0.300 e. The Morgan fingerprint density at radius 2 is 1.67 bits per heavy atom. The molecule has 5 rings (SSSR count). The van der Waals surface area contributed by atoms with Gasteiger partial charge in [-0.15, -0.1) is 0 Å². The summed E-state index contributed by atoms with van der Waals surface area (Å²) in [6.07, 6.45) is 1.93. The Kier molecular flexibility index (Phi) is 5.67. The number of rotatable bonds is 4. The van der Waals surface area contributed by atoms with Crippen LogP contribution in [0.3, 0.4) is 0 Å². The molecule has 4 aromatic rings. The van der Waals surface area contributed by atoms with Gasteiger partial charge in [-0.1, -0.05) is 24.3 Å². The second-order valence-electron chi connectivity index (χ2n) is 9.33. The van der Waals surface area contributed by atoms with Gasteiger partial charge in [0, 0.05) is 41.0 Å². The molecule has 1 N–H and O–H groups in total. The molecule has 1 atom stereocenters. The van der Waals surface area contributed by atoms with Crippen molar-refractivity contribution in [1.82, 2.24) is 4.57 Å². The second kappa shape index (κ2) is 8.72. The summed E-state index contributed by atoms with van der Waals surface area (Å²) in [4.78, 5) is 28.6. The van der Waals surface area contributed by atoms with Gasteiger partial charge in [0.25, 0.3) is 11.7 Å². The Morgan fingerprint density at radius 3 is 2.36 bits per heavy atom. The van der Waals surface area contributed by atoms with Crippen molar-refractivity contribution >= 4 is 34.0 Å². The second-order valence-corrected chi connectivity index (χ2v) is 9.33. The fourth-order valence-electron chi connectivity index (χ4n) is 5.04. The third kappa shape index (κ3) is 3.57. The minimum absolute atomic E-state index is 0.0687. The van der Waals surface area contributed by atoms with Crippen molar-refractivity contribution in [3.05, 3.63) is 100 Å². The molecule has 1 amide bonds. The highest BCUT2D eigenvalue weighted by Gasteiger charge is 2.48. The monoisotopic (exact) mass is 480 g/mol. The summed E-state index contributed by atoms with van der Waals surface area (Å²) >= 11 is 0. The number of para-hydroxylation sites is 1. The molecule has 0 spiro atoms. The minimum Gasteiger partial charge on any atom is -0.507 e. The van der Waals surface area contributed by atoms with Crippen molar-refractivity contribution in [2.75, 3.05) is 12.0 Å². The van der Waals surface area contributed by atoms with Crippen LogP contribution in [0.2, 0.25) is 0 Å². The van der Waals surface area contributed by atoms with Gasteiger partial charge in [-0.3, -0.25) is 14.5 Å². The van der Waals surface area contributed by atoms with Gasteiger partial charge in [-0.05, 0) is 73.9 Å². The third-order valence-electron chi connectivity index (χ3n) is 7.10. The first-order valence-corrected chi connectivity index (χ1v) is 11.8. The Labute approximate surface area is 210 Å². The van der Waals surface area contributed by atoms with Gasteiger partial charge in [-0.2, -0.15) is 0 Å². The maximum Gasteiger partial charge on any atom is 0.300 e. The number of amides is 1. The fraction of sp³-hybridized carbons (Fsp3) is 0.200. The third-order valence-corrected chi connectivity index (χ3v) is 7.10. The van der Waals surface area contributed by atoms with E-state index in [1.54, 1.807) is 25.3 Å². The molecule has 6 nitrogen and oxygen atoms in total. The number of nitrogens with zero attached hydrogens (tertiary/aromatic N) is 2. The van der Waals surface area contributed by atoms with Crippen LogP contribution in [0.5, 0.6) is 5.75 Å². The zero-order valence-electron chi connectivity index (χ0n) is 21.0. The van der Waals surface area contributed by atoms with Crippen LogP contribution in [0.1, 0.15) is 33.9 Å². The largest absolute Gasteiger partial charge is 0.507 e. The Morgan fingerprint density at radius 1 is 0.917 bits per heavy atom. The quantitative estimate of drug-likeness (QED) is 0.230. The molecule has 0 bridgehead atoms. The summed E-state index contributed by atoms with van der Waals surface area (Å²) < 4.78 is 7.33. The SMILES string of the molecule is COc1ccc(/C(O)=C2\C(=O)C(=O)N(c3ccc(C)c(C)c3)C2c2cn(C)c3ccccc23)cc1C. The van der Waals surface area contributed by atoms with Crippen LogP contribution >= 0.6 is 0 Å². The van der Waals surface area contributed by atoms with Crippen molar-refractivity contribution in [3.8, 4) is 5.75 Å². The molecular formula is C30H28N2O4. The van der Waals surface area contributed by atoms with Crippen LogP contribution in [0.15, 0.2) is 72.4 Å². The molecule has 0 aliphatic carbocycles. The van der Waals surface area contributed by atoms with Crippen LogP contribution in [0.4, 0.5) is 5.69 Å². The molecule has 36 heavy (non-hydrogen) atoms. The number of hydrogen-bond acceptors (Lipinski definition) is 4. The average molecular weight is 481 g/mol. The normalized spacial score (nSPS) is 17.2. The molecule has 1 fully saturated rings. The minimum atomic E-state index is -0.791. The van der Waals surface area contributed by atoms with Gasteiger partial charge >= 0.3 is 0 Å². The summed E-state index contributed by atoms with van der Waals surface area (Å²) in [5.41, 5.74) is 5.80. The summed E-state index contributed by atoms with van der Waals surface area (Å²) in [5, 5.41) is 12.4. The number of aromatic nitrogens is 1. The maximum absolute atomic E-state index is 13.5. The lowest BCUT2D eigenvalue weighted by Crippen LogP contribution is -2.29. The molecule has 1 aliphatic heterocycles. The van der Waals surface area contributed by atoms with E-state index in [1.165, 1.54) is 4.90 Å². The van der Waals surface area contributed by atoms with Gasteiger partial charge in [-0.25, -0.2) is 0 Å². The number of anilines is 1. The fourth-order valence-corrected chi connectivity index (χ4v) is 5.04. The Hall–Kier alpha value is -4.32. The van der Waals surface area contributed by atoms with Crippen molar-refractivity contribution in [2.45, 2.75) is 26.8 Å². The first-order valence-electron chi connectivity index (χ1n) is 11.8. The molecular weight excluding hydrogens is 452 g/mol. The molecule has 0 radical (unpaired) electrons. The van der Waals surface area contributed by atoms with Crippen LogP contribution in [0.25, 0.3) is 16.7 Å². The van der Waals surface area contributed by atoms with Gasteiger partial charge in [0.15, 0.2) is 0 Å². The Balaban J connectivity index is 1.80. The number of fused-ring (bicyclic) bond motifs is 1. The van der Waals surface area contributed by atoms with Gasteiger partial charge in [0.1, 0.15) is 11.5 Å². The van der Waals surface area contributed by atoms with E-state index in [4.69, 9.17) is 4.74 Å². The molecule has 182 valence electrons. The number of methoxy groups -OCH3 is 1. The molecule has 3 aromatic carbocycles. The van der Waals surface area contributed by atoms with E-state index in [9.17, 15) is 14.7 Å². The maximum atomic E-state index is 13.5. The highest BCUT2D eigenvalue weighted by atomic mass is 16.5. The highest BCUT2D eigenvalue weighted by Crippen LogP contribution is 2.45. The van der Waals surface area contributed by atoms with Crippen LogP contribution in [-0.4, -0.2) is 28.5 Å². The van der Waals surface area contributed by atoms with Crippen LogP contribution < -0.4 is 9.64 Å². The van der Waals surface area contributed by atoms with Crippen LogP contribution in [0, 0.1) is 20.8 Å². The highest BCUT2D eigenvalue weighted by molar-refractivity contribution is 6.52. The van der Waals surface area contributed by atoms with Crippen LogP contribution in [-0.2, 0) is 16.6 Å². The lowest BCUT2D eigenvalue weighted by Gasteiger charge is -2.25. The summed E-state index contributed by atoms with van der Waals surface area (Å²) in [6.45, 7) is 5.84. The standard InChI is InChI=1S/C30H28N2O4/c1-17-10-12-21(15-18(17)2)32-27(23-16-31(4)24-9-7-6-8-22(23)24)26(29(34)30(32)35)28(33)20-11-13-25(36-5)19(3)14-20/h6-16,27,33H,1-5H3/b28-26+. The molecule has 1 saturated heterocycles. The zero-order chi connectivity index (χ0) is 25.7. The average Bonchev–Trinajstić information content (AvgIpc) is 3.34. The lowest BCUT2D eigenvalue weighted by atomic mass is 9.94. The predicted molar refractivity (Wildman–Crippen MR) is 141 cm³/mol. The number of ketones is 1. The van der Waals surface area contributed by atoms with Gasteiger partial charge < -0.3 is 14.4 Å². The van der Waals surface area contributed by atoms with E-state index < -0.39 is 17.7 Å². The topological polar surface area (TPSA) is 71.8 Å². The number of carbonyl (C=O) groups excluding carboxylic acids is 2. The van der Waals surface area contributed by atoms with E-state index in [1.807, 2.05) is 81.0 Å². The summed E-state index contributed by atoms with van der Waals surface area (Å²) in [7, 11) is 3.51. The number of carbonyl (C=O) groups is 2. The molecule has 1 aliphatic rings. The molecule has 1 aromatic heterocycles. The van der Waals surface area contributed by atoms with E-state index in [-0.39, 0.29) is 11.3 Å². The van der Waals surface area contributed by atoms with E-state index >= 15 is 0 Å². The molecule has 6 heteroatoms. The predicted octanol–water partition coefficient (Wildman–Crippen LogP) is 5.74. The number of aryl methyl sites for hydroxylation is 4. The number of aliphatic hydroxyl groups excluding tert-OH is 1. The number of ether oxygens (including phenoxy) is 1. The molecule has 0 saturated carbocycles. The number of aliphatic hydroxyl groups is 1. The lowest BCUT2D eigenvalue weighted by molar-refractivity contribution is -0.132. The van der Waals surface area contributed by atoms with Crippen molar-refractivity contribution < 1.29 is 19.4 Å². The zero-order valence-corrected chi connectivity index (χ0v) is 21.0. The number of benzene rings is 3. The van der Waals surface area contributed by atoms with E-state index in [2.05, 4.69) is 0 Å². The van der Waals surface area contributed by atoms with Crippen molar-refractivity contribution in [3.63, 3.8) is 0 Å². The summed E-state index contributed by atoms with van der Waals surface area (Å²) in [6, 6.07) is 18.0. The van der Waals surface area contributed by atoms with Crippen molar-refractivity contribution in [2.24, 2.45) is 7.05 Å². The van der Waals surface area contributed by atoms with E-state index in [0.717, 1.165) is 33.2 Å². The number of hydrogen-bond donors (Lipinski definition) is 1. The van der Waals surface area contributed by atoms with Gasteiger partial charge in [0.05, 0.1) is 18.7 Å². The summed E-state index contributed by atoms with van der Waals surface area (Å²) in [5.74, 6) is -0.906.